The first-order valence-corrected chi connectivity index (χ1v) is 15.4. The topological polar surface area (TPSA) is 78.4 Å². The van der Waals surface area contributed by atoms with Crippen molar-refractivity contribution in [1.82, 2.24) is 5.32 Å². The van der Waals surface area contributed by atoms with E-state index in [0.717, 1.165) is 25.3 Å². The molecule has 0 spiro atoms. The van der Waals surface area contributed by atoms with Crippen LogP contribution in [0.2, 0.25) is 19.1 Å². The van der Waals surface area contributed by atoms with Crippen molar-refractivity contribution < 1.29 is 42.1 Å². The fourth-order valence-corrected chi connectivity index (χ4v) is 6.89. The zero-order valence-electron chi connectivity index (χ0n) is 21.5. The summed E-state index contributed by atoms with van der Waals surface area (Å²) in [7, 11) is -1.88. The van der Waals surface area contributed by atoms with E-state index in [0.29, 0.717) is 24.8 Å². The molecule has 7 nitrogen and oxygen atoms in total. The molecule has 1 amide bonds. The van der Waals surface area contributed by atoms with Gasteiger partial charge in [0.05, 0.1) is 5.60 Å². The molecular formula is C22H44N2O5SiV. The first kappa shape index (κ1) is 27.2. The third-order valence-electron chi connectivity index (χ3n) is 6.70. The van der Waals surface area contributed by atoms with Crippen LogP contribution in [0.15, 0.2) is 3.95 Å². The molecule has 1 N–H and O–H groups in total. The first-order chi connectivity index (χ1) is 15.0. The Labute approximate surface area is 201 Å². The molecule has 1 rings (SSSR count). The summed E-state index contributed by atoms with van der Waals surface area (Å²) in [6, 6.07) is 0.992. The Kier molecular flexibility index (Phi) is 12.5. The molecule has 1 saturated heterocycles. The van der Waals surface area contributed by atoms with Gasteiger partial charge in [0.2, 0.25) is 0 Å². The summed E-state index contributed by atoms with van der Waals surface area (Å²) in [6.45, 7) is 16.0. The van der Waals surface area contributed by atoms with Crippen LogP contribution >= 0.6 is 0 Å². The van der Waals surface area contributed by atoms with Gasteiger partial charge < -0.3 is 4.43 Å². The molecule has 1 heterocycles. The Hall–Kier alpha value is -0.0887. The van der Waals surface area contributed by atoms with Crippen molar-refractivity contribution in [3.05, 3.63) is 0 Å². The summed E-state index contributed by atoms with van der Waals surface area (Å²) >= 11 is 1.97. The first-order valence-electron chi connectivity index (χ1n) is 12.2. The predicted octanol–water partition coefficient (Wildman–Crippen LogP) is 4.40. The van der Waals surface area contributed by atoms with Crippen molar-refractivity contribution in [1.29, 1.82) is 0 Å². The van der Waals surface area contributed by atoms with Crippen molar-refractivity contribution in [3.8, 4) is 0 Å². The van der Waals surface area contributed by atoms with Crippen molar-refractivity contribution in [2.45, 2.75) is 97.2 Å². The predicted molar refractivity (Wildman–Crippen MR) is 121 cm³/mol. The molecule has 5 atom stereocenters. The fourth-order valence-electron chi connectivity index (χ4n) is 4.06. The number of nitrogens with one attached hydrogen (secondary N) is 1. The number of hydrogen-bond donors (Lipinski definition) is 1. The summed E-state index contributed by atoms with van der Waals surface area (Å²) in [5.74, 6) is 0.853. The van der Waals surface area contributed by atoms with E-state index in [4.69, 9.17) is 20.1 Å². The molecule has 1 aliphatic rings. The molecule has 1 fully saturated rings. The van der Waals surface area contributed by atoms with Gasteiger partial charge in [0, 0.05) is 0 Å². The Morgan fingerprint density at radius 1 is 1.35 bits per heavy atom. The van der Waals surface area contributed by atoms with E-state index in [-0.39, 0.29) is 36.9 Å². The Morgan fingerprint density at radius 2 is 2.00 bits per heavy atom. The maximum atomic E-state index is 12.2. The molecule has 31 heavy (non-hydrogen) atoms. The summed E-state index contributed by atoms with van der Waals surface area (Å²) in [6.07, 6.45) is 2.79. The van der Waals surface area contributed by atoms with Gasteiger partial charge in [0.15, 0.2) is 8.32 Å². The van der Waals surface area contributed by atoms with Crippen LogP contribution in [-0.4, -0.2) is 58.4 Å². The number of amides is 1. The number of nitrogens with zero attached hydrogens (tertiary/aromatic N) is 1. The van der Waals surface area contributed by atoms with E-state index in [1.165, 1.54) is 0 Å². The third kappa shape index (κ3) is 9.74. The summed E-state index contributed by atoms with van der Waals surface area (Å²) < 4.78 is 29.3. The van der Waals surface area contributed by atoms with Gasteiger partial charge in [-0.15, -0.1) is 0 Å². The van der Waals surface area contributed by atoms with Crippen LogP contribution in [-0.2, 0) is 40.8 Å². The number of ether oxygens (including phenoxy) is 2. The summed E-state index contributed by atoms with van der Waals surface area (Å²) in [5, 5.41) is 2.94. The molecule has 1 aliphatic heterocycles. The molecular weight excluding hydrogens is 451 g/mol. The van der Waals surface area contributed by atoms with E-state index in [9.17, 15) is 4.79 Å². The van der Waals surface area contributed by atoms with E-state index < -0.39 is 14.9 Å². The summed E-state index contributed by atoms with van der Waals surface area (Å²) in [4.78, 5) is 17.2. The second-order valence-corrected chi connectivity index (χ2v) is 13.9. The number of rotatable bonds is 16. The second kappa shape index (κ2) is 14.2. The van der Waals surface area contributed by atoms with Crippen molar-refractivity contribution in [2.75, 3.05) is 26.3 Å². The summed E-state index contributed by atoms with van der Waals surface area (Å²) in [5.41, 5.74) is -0.111. The fraction of sp³-hybridized carbons (Fsp3) is 0.955. The van der Waals surface area contributed by atoms with Crippen molar-refractivity contribution in [2.24, 2.45) is 15.8 Å². The van der Waals surface area contributed by atoms with Crippen LogP contribution in [0.5, 0.6) is 0 Å². The zero-order valence-corrected chi connectivity index (χ0v) is 22.9. The van der Waals surface area contributed by atoms with E-state index in [1.54, 1.807) is 0 Å². The average Bonchev–Trinajstić information content (AvgIpc) is 3.11. The number of carbonyl (C=O) groups excluding carboxylic acids is 1. The molecule has 181 valence electrons. The van der Waals surface area contributed by atoms with Crippen LogP contribution < -0.4 is 5.32 Å². The Balaban J connectivity index is 2.41. The molecule has 0 aliphatic carbocycles. The molecule has 0 saturated carbocycles. The Bertz CT molecular complexity index is 577. The zero-order chi connectivity index (χ0) is 24.4. The van der Waals surface area contributed by atoms with Crippen LogP contribution in [0, 0.1) is 11.8 Å². The van der Waals surface area contributed by atoms with Crippen molar-refractivity contribution >= 4 is 14.2 Å². The van der Waals surface area contributed by atoms with Gasteiger partial charge in [-0.3, -0.25) is 0 Å². The van der Waals surface area contributed by atoms with Gasteiger partial charge in [0.1, 0.15) is 0 Å². The Morgan fingerprint density at radius 3 is 2.58 bits per heavy atom. The quantitative estimate of drug-likeness (QED) is 0.194. The molecule has 5 unspecified atom stereocenters. The van der Waals surface area contributed by atoms with E-state index in [2.05, 4.69) is 57.0 Å². The molecule has 0 aromatic rings. The van der Waals surface area contributed by atoms with Gasteiger partial charge in [0.25, 0.3) is 0 Å². The molecule has 9 heteroatoms. The molecule has 0 radical (unpaired) electrons. The van der Waals surface area contributed by atoms with Gasteiger partial charge in [-0.1, -0.05) is 40.5 Å². The minimum atomic E-state index is -1.88. The monoisotopic (exact) mass is 497 g/mol. The van der Waals surface area contributed by atoms with E-state index in [1.807, 2.05) is 17.2 Å². The van der Waals surface area contributed by atoms with Gasteiger partial charge in [-0.05, 0) is 31.9 Å². The normalized spacial score (nSPS) is 26.0. The number of carbonyl (C=O) groups is 1. The maximum absolute atomic E-state index is 12.2. The third-order valence-corrected chi connectivity index (χ3v) is 9.43. The van der Waals surface area contributed by atoms with Gasteiger partial charge >= 0.3 is 110 Å². The molecule has 0 aromatic heterocycles. The van der Waals surface area contributed by atoms with Gasteiger partial charge in [-0.25, -0.2) is 0 Å². The second-order valence-electron chi connectivity index (χ2n) is 9.42. The minimum absolute atomic E-state index is 0.0476. The van der Waals surface area contributed by atoms with E-state index >= 15 is 0 Å². The van der Waals surface area contributed by atoms with Crippen LogP contribution in [0.25, 0.3) is 0 Å². The molecule has 0 bridgehead atoms. The number of hydrogen-bond acceptors (Lipinski definition) is 6. The average molecular weight is 498 g/mol. The van der Waals surface area contributed by atoms with Crippen molar-refractivity contribution in [3.63, 3.8) is 0 Å². The molecule has 0 aromatic carbocycles. The van der Waals surface area contributed by atoms with Crippen LogP contribution in [0.3, 0.4) is 0 Å². The van der Waals surface area contributed by atoms with Crippen LogP contribution in [0.1, 0.15) is 61.7 Å². The van der Waals surface area contributed by atoms with Gasteiger partial charge in [-0.2, -0.15) is 0 Å². The SMILES string of the molecule is [3H]C1CC(OCC(=O)NCCC[Si](C)(C)OC(C)(C(C)CC)C(C)CC)C(CO[N]=[V])O1. The standard InChI is InChI=1S/C22H44N2O5Si.V/c1-8-17(3)22(5,18(4)9-2)29-30(6,7)14-10-12-24-21(25)16-27-19-11-13-26-20(19)15-28-23;/h17-20H,8-16H2,1-7H3,(H,24,25);/i13T;. The van der Waals surface area contributed by atoms with Crippen LogP contribution in [0.4, 0.5) is 0 Å².